The summed E-state index contributed by atoms with van der Waals surface area (Å²) in [5, 5.41) is 12.2. The molecule has 7 heteroatoms. The Bertz CT molecular complexity index is 872. The average molecular weight is 357 g/mol. The van der Waals surface area contributed by atoms with E-state index in [0.29, 0.717) is 29.3 Å². The maximum absolute atomic E-state index is 12.4. The number of aromatic nitrogens is 2. The first-order valence-corrected chi connectivity index (χ1v) is 8.60. The van der Waals surface area contributed by atoms with Crippen molar-refractivity contribution in [1.29, 1.82) is 0 Å². The molecule has 2 aromatic heterocycles. The molecule has 0 bridgehead atoms. The monoisotopic (exact) mass is 357 g/mol. The van der Waals surface area contributed by atoms with E-state index in [9.17, 15) is 4.79 Å². The van der Waals surface area contributed by atoms with Crippen molar-refractivity contribution < 1.29 is 14.3 Å². The van der Waals surface area contributed by atoms with Crippen molar-refractivity contribution in [1.82, 2.24) is 10.2 Å². The van der Waals surface area contributed by atoms with Crippen molar-refractivity contribution in [3.63, 3.8) is 0 Å². The largest absolute Gasteiger partial charge is 0.497 e. The highest BCUT2D eigenvalue weighted by Gasteiger charge is 2.19. The average Bonchev–Trinajstić information content (AvgIpc) is 3.25. The van der Waals surface area contributed by atoms with Gasteiger partial charge in [0.05, 0.1) is 32.0 Å². The molecule has 0 unspecified atom stereocenters. The fraction of sp³-hybridized carbons (Fsp3) is 0.222. The van der Waals surface area contributed by atoms with Crippen LogP contribution in [0.1, 0.15) is 10.6 Å². The first-order valence-electron chi connectivity index (χ1n) is 7.72. The number of methoxy groups -OCH3 is 2. The highest BCUT2D eigenvalue weighted by molar-refractivity contribution is 7.10. The molecular formula is C18H19N3O3S. The van der Waals surface area contributed by atoms with Gasteiger partial charge in [-0.2, -0.15) is 5.10 Å². The third-order valence-electron chi connectivity index (χ3n) is 3.79. The molecule has 0 fully saturated rings. The topological polar surface area (TPSA) is 76.2 Å². The predicted molar refractivity (Wildman–Crippen MR) is 98.5 cm³/mol. The summed E-state index contributed by atoms with van der Waals surface area (Å²) in [4.78, 5) is 13.4. The third kappa shape index (κ3) is 3.66. The summed E-state index contributed by atoms with van der Waals surface area (Å²) < 4.78 is 10.7. The second-order valence-electron chi connectivity index (χ2n) is 5.44. The number of aryl methyl sites for hydroxylation is 1. The Morgan fingerprint density at radius 2 is 2.12 bits per heavy atom. The minimum Gasteiger partial charge on any atom is -0.497 e. The summed E-state index contributed by atoms with van der Waals surface area (Å²) in [5.74, 6) is 1.23. The number of nitrogens with one attached hydrogen (secondary N) is 2. The molecule has 0 saturated carbocycles. The van der Waals surface area contributed by atoms with Crippen LogP contribution in [0.5, 0.6) is 11.5 Å². The number of hydrogen-bond donors (Lipinski definition) is 2. The molecule has 2 N–H and O–H groups in total. The van der Waals surface area contributed by atoms with Crippen LogP contribution < -0.4 is 14.8 Å². The van der Waals surface area contributed by atoms with Gasteiger partial charge >= 0.3 is 0 Å². The molecule has 130 valence electrons. The molecule has 25 heavy (non-hydrogen) atoms. The van der Waals surface area contributed by atoms with Crippen LogP contribution in [0.4, 0.5) is 5.69 Å². The lowest BCUT2D eigenvalue weighted by molar-refractivity contribution is -0.115. The zero-order valence-electron chi connectivity index (χ0n) is 14.3. The van der Waals surface area contributed by atoms with E-state index in [-0.39, 0.29) is 5.91 Å². The number of ether oxygens (including phenoxy) is 2. The lowest BCUT2D eigenvalue weighted by Crippen LogP contribution is -2.14. The maximum Gasteiger partial charge on any atom is 0.229 e. The van der Waals surface area contributed by atoms with Crippen LogP contribution >= 0.6 is 11.3 Å². The lowest BCUT2D eigenvalue weighted by Gasteiger charge is -2.11. The van der Waals surface area contributed by atoms with E-state index in [4.69, 9.17) is 9.47 Å². The molecule has 6 nitrogen and oxygen atoms in total. The van der Waals surface area contributed by atoms with Crippen LogP contribution in [0, 0.1) is 6.92 Å². The summed E-state index contributed by atoms with van der Waals surface area (Å²) in [5.41, 5.74) is 2.85. The maximum atomic E-state index is 12.4. The second-order valence-corrected chi connectivity index (χ2v) is 6.47. The molecule has 3 rings (SSSR count). The first-order chi connectivity index (χ1) is 12.1. The fourth-order valence-electron chi connectivity index (χ4n) is 2.53. The second kappa shape index (κ2) is 7.40. The van der Waals surface area contributed by atoms with Crippen LogP contribution in [0.15, 0.2) is 35.7 Å². The molecule has 1 aromatic carbocycles. The minimum atomic E-state index is -0.0827. The fourth-order valence-corrected chi connectivity index (χ4v) is 3.23. The number of carbonyl (C=O) groups excluding carboxylic acids is 1. The number of anilines is 1. The van der Waals surface area contributed by atoms with Gasteiger partial charge in [0.15, 0.2) is 0 Å². The van der Waals surface area contributed by atoms with Gasteiger partial charge in [0.25, 0.3) is 0 Å². The Labute approximate surface area is 149 Å². The van der Waals surface area contributed by atoms with Crippen LogP contribution in [-0.2, 0) is 11.2 Å². The van der Waals surface area contributed by atoms with Gasteiger partial charge in [0.2, 0.25) is 5.91 Å². The Morgan fingerprint density at radius 3 is 2.80 bits per heavy atom. The molecular weight excluding hydrogens is 338 g/mol. The molecule has 2 heterocycles. The Kier molecular flexibility index (Phi) is 5.04. The van der Waals surface area contributed by atoms with Gasteiger partial charge in [-0.1, -0.05) is 6.07 Å². The number of H-pyrrole nitrogens is 1. The normalized spacial score (nSPS) is 10.5. The molecule has 0 aliphatic heterocycles. The first kappa shape index (κ1) is 17.0. The summed E-state index contributed by atoms with van der Waals surface area (Å²) in [6, 6.07) is 9.36. The molecule has 0 spiro atoms. The number of amides is 1. The summed E-state index contributed by atoms with van der Waals surface area (Å²) in [7, 11) is 3.19. The van der Waals surface area contributed by atoms with Crippen LogP contribution in [0.2, 0.25) is 0 Å². The molecule has 0 aliphatic rings. The van der Waals surface area contributed by atoms with E-state index >= 15 is 0 Å². The summed E-state index contributed by atoms with van der Waals surface area (Å²) in [6.07, 6.45) is 0.335. The van der Waals surface area contributed by atoms with Gasteiger partial charge in [-0.3, -0.25) is 9.89 Å². The SMILES string of the molecule is COc1ccc(-c2n[nH]c(C)c2NC(=O)Cc2cccs2)c(OC)c1. The Hall–Kier alpha value is -2.80. The molecule has 0 saturated heterocycles. The molecule has 0 atom stereocenters. The van der Waals surface area contributed by atoms with Gasteiger partial charge in [-0.25, -0.2) is 0 Å². The number of nitrogens with zero attached hydrogens (tertiary/aromatic N) is 1. The van der Waals surface area contributed by atoms with E-state index in [1.165, 1.54) is 0 Å². The van der Waals surface area contributed by atoms with E-state index in [2.05, 4.69) is 15.5 Å². The van der Waals surface area contributed by atoms with Crippen LogP contribution in [0.3, 0.4) is 0 Å². The van der Waals surface area contributed by atoms with Crippen molar-refractivity contribution in [3.05, 3.63) is 46.3 Å². The molecule has 0 aliphatic carbocycles. The van der Waals surface area contributed by atoms with Gasteiger partial charge in [-0.15, -0.1) is 11.3 Å². The number of thiophene rings is 1. The quantitative estimate of drug-likeness (QED) is 0.706. The van der Waals surface area contributed by atoms with Crippen LogP contribution in [-0.4, -0.2) is 30.3 Å². The van der Waals surface area contributed by atoms with E-state index in [1.54, 1.807) is 31.6 Å². The number of carbonyl (C=O) groups is 1. The van der Waals surface area contributed by atoms with Crippen molar-refractivity contribution >= 4 is 22.9 Å². The van der Waals surface area contributed by atoms with E-state index in [1.807, 2.05) is 36.6 Å². The molecule has 1 amide bonds. The number of benzene rings is 1. The highest BCUT2D eigenvalue weighted by Crippen LogP contribution is 2.37. The van der Waals surface area contributed by atoms with Crippen LogP contribution in [0.25, 0.3) is 11.3 Å². The zero-order chi connectivity index (χ0) is 17.8. The zero-order valence-corrected chi connectivity index (χ0v) is 15.1. The Balaban J connectivity index is 1.90. The van der Waals surface area contributed by atoms with Gasteiger partial charge in [-0.05, 0) is 30.5 Å². The third-order valence-corrected chi connectivity index (χ3v) is 4.67. The van der Waals surface area contributed by atoms with E-state index < -0.39 is 0 Å². The molecule has 0 radical (unpaired) electrons. The molecule has 3 aromatic rings. The summed E-state index contributed by atoms with van der Waals surface area (Å²) >= 11 is 1.56. The number of aromatic amines is 1. The Morgan fingerprint density at radius 1 is 1.28 bits per heavy atom. The van der Waals surface area contributed by atoms with Crippen molar-refractivity contribution in [2.45, 2.75) is 13.3 Å². The highest BCUT2D eigenvalue weighted by atomic mass is 32.1. The van der Waals surface area contributed by atoms with Gasteiger partial charge < -0.3 is 14.8 Å². The summed E-state index contributed by atoms with van der Waals surface area (Å²) in [6.45, 7) is 1.87. The van der Waals surface area contributed by atoms with Crippen molar-refractivity contribution in [2.24, 2.45) is 0 Å². The minimum absolute atomic E-state index is 0.0827. The standard InChI is InChI=1S/C18H19N3O3S/c1-11-17(19-16(22)10-13-5-4-8-25-13)18(21-20-11)14-7-6-12(23-2)9-15(14)24-3/h4-9H,10H2,1-3H3,(H,19,22)(H,20,21). The predicted octanol–water partition coefficient (Wildman–Crippen LogP) is 3.65. The van der Waals surface area contributed by atoms with Crippen molar-refractivity contribution in [3.8, 4) is 22.8 Å². The van der Waals surface area contributed by atoms with E-state index in [0.717, 1.165) is 16.1 Å². The lowest BCUT2D eigenvalue weighted by atomic mass is 10.1. The van der Waals surface area contributed by atoms with Gasteiger partial charge in [0, 0.05) is 16.5 Å². The van der Waals surface area contributed by atoms with Gasteiger partial charge in [0.1, 0.15) is 17.2 Å². The number of hydrogen-bond acceptors (Lipinski definition) is 5. The smallest absolute Gasteiger partial charge is 0.229 e. The van der Waals surface area contributed by atoms with Crippen molar-refractivity contribution in [2.75, 3.05) is 19.5 Å². The number of rotatable bonds is 6.